The van der Waals surface area contributed by atoms with Gasteiger partial charge in [-0.05, 0) is 15.9 Å². The van der Waals surface area contributed by atoms with Gasteiger partial charge in [0.05, 0.1) is 16.5 Å². The molecule has 0 amide bonds. The lowest BCUT2D eigenvalue weighted by Gasteiger charge is -2.06. The smallest absolute Gasteiger partial charge is 0.258 e. The van der Waals surface area contributed by atoms with Crippen molar-refractivity contribution in [1.82, 2.24) is 4.98 Å². The van der Waals surface area contributed by atoms with Gasteiger partial charge in [0, 0.05) is 6.20 Å². The number of aromatic nitrogens is 1. The average molecular weight is 301 g/mol. The summed E-state index contributed by atoms with van der Waals surface area (Å²) in [4.78, 5) is 13.3. The van der Waals surface area contributed by atoms with Crippen LogP contribution in [0.1, 0.15) is 17.7 Å². The third-order valence-electron chi connectivity index (χ3n) is 1.65. The number of pyridine rings is 1. The molecule has 0 bridgehead atoms. The maximum atomic E-state index is 12.6. The van der Waals surface area contributed by atoms with Crippen molar-refractivity contribution in [2.24, 2.45) is 0 Å². The minimum absolute atomic E-state index is 0.0864. The molecule has 0 aliphatic heterocycles. The Morgan fingerprint density at radius 1 is 1.67 bits per heavy atom. The largest absolute Gasteiger partial charge is 0.295 e. The van der Waals surface area contributed by atoms with Crippen LogP contribution in [0.2, 0.25) is 0 Å². The fourth-order valence-corrected chi connectivity index (χ4v) is 1.73. The Labute approximate surface area is 96.5 Å². The van der Waals surface area contributed by atoms with Crippen LogP contribution in [0.4, 0.5) is 14.5 Å². The van der Waals surface area contributed by atoms with Crippen molar-refractivity contribution in [2.75, 3.05) is 0 Å². The first kappa shape index (κ1) is 12.3. The molecule has 0 radical (unpaired) electrons. The standard InChI is InChI=1S/C7H4BrClF2N2O2/c8-3-2-12-4(1-9)5(7(10)11)6(3)13(14)15/h2,7H,1H2. The summed E-state index contributed by atoms with van der Waals surface area (Å²) >= 11 is 8.17. The van der Waals surface area contributed by atoms with Crippen molar-refractivity contribution < 1.29 is 13.7 Å². The monoisotopic (exact) mass is 300 g/mol. The zero-order chi connectivity index (χ0) is 11.6. The lowest BCUT2D eigenvalue weighted by atomic mass is 10.2. The first-order chi connectivity index (χ1) is 6.99. The van der Waals surface area contributed by atoms with E-state index >= 15 is 0 Å². The van der Waals surface area contributed by atoms with E-state index < -0.39 is 22.6 Å². The molecule has 0 saturated heterocycles. The number of alkyl halides is 3. The van der Waals surface area contributed by atoms with Crippen LogP contribution in [-0.2, 0) is 5.88 Å². The molecule has 0 unspecified atom stereocenters. The molecule has 1 aromatic rings. The Morgan fingerprint density at radius 3 is 2.67 bits per heavy atom. The average Bonchev–Trinajstić information content (AvgIpc) is 2.16. The highest BCUT2D eigenvalue weighted by Crippen LogP contribution is 2.36. The van der Waals surface area contributed by atoms with Gasteiger partial charge in [-0.15, -0.1) is 11.6 Å². The van der Waals surface area contributed by atoms with Gasteiger partial charge < -0.3 is 0 Å². The summed E-state index contributed by atoms with van der Waals surface area (Å²) in [5, 5.41) is 10.6. The quantitative estimate of drug-likeness (QED) is 0.488. The van der Waals surface area contributed by atoms with E-state index in [1.807, 2.05) is 0 Å². The van der Waals surface area contributed by atoms with Gasteiger partial charge in [-0.2, -0.15) is 0 Å². The van der Waals surface area contributed by atoms with Crippen LogP contribution < -0.4 is 0 Å². The van der Waals surface area contributed by atoms with Crippen LogP contribution in [0, 0.1) is 10.1 Å². The molecular formula is C7H4BrClF2N2O2. The molecule has 0 aliphatic carbocycles. The molecular weight excluding hydrogens is 297 g/mol. The topological polar surface area (TPSA) is 56.0 Å². The van der Waals surface area contributed by atoms with E-state index in [9.17, 15) is 18.9 Å². The second-order valence-electron chi connectivity index (χ2n) is 2.51. The number of hydrogen-bond donors (Lipinski definition) is 0. The predicted octanol–water partition coefficient (Wildman–Crippen LogP) is 3.43. The minimum atomic E-state index is -2.98. The second-order valence-corrected chi connectivity index (χ2v) is 3.63. The van der Waals surface area contributed by atoms with Crippen molar-refractivity contribution in [1.29, 1.82) is 0 Å². The Morgan fingerprint density at radius 2 is 2.27 bits per heavy atom. The Bertz CT molecular complexity index is 403. The molecule has 82 valence electrons. The van der Waals surface area contributed by atoms with Crippen molar-refractivity contribution in [2.45, 2.75) is 12.3 Å². The van der Waals surface area contributed by atoms with Crippen LogP contribution in [0.5, 0.6) is 0 Å². The first-order valence-electron chi connectivity index (χ1n) is 3.64. The third kappa shape index (κ3) is 2.40. The molecule has 1 heterocycles. The highest BCUT2D eigenvalue weighted by Gasteiger charge is 2.29. The maximum absolute atomic E-state index is 12.6. The van der Waals surface area contributed by atoms with E-state index in [0.29, 0.717) is 0 Å². The van der Waals surface area contributed by atoms with Gasteiger partial charge in [-0.25, -0.2) is 8.78 Å². The highest BCUT2D eigenvalue weighted by atomic mass is 79.9. The summed E-state index contributed by atoms with van der Waals surface area (Å²) in [5.74, 6) is -0.298. The van der Waals surface area contributed by atoms with Gasteiger partial charge >= 0.3 is 0 Å². The number of rotatable bonds is 3. The lowest BCUT2D eigenvalue weighted by Crippen LogP contribution is -2.03. The molecule has 0 aliphatic rings. The SMILES string of the molecule is O=[N+]([O-])c1c(Br)cnc(CCl)c1C(F)F. The molecule has 15 heavy (non-hydrogen) atoms. The van der Waals surface area contributed by atoms with E-state index in [2.05, 4.69) is 20.9 Å². The number of nitrogens with zero attached hydrogens (tertiary/aromatic N) is 2. The zero-order valence-corrected chi connectivity index (χ0v) is 9.43. The predicted molar refractivity (Wildman–Crippen MR) is 53.1 cm³/mol. The molecule has 0 aromatic carbocycles. The summed E-state index contributed by atoms with van der Waals surface area (Å²) in [6, 6.07) is 0. The van der Waals surface area contributed by atoms with Crippen LogP contribution in [0.3, 0.4) is 0 Å². The molecule has 8 heteroatoms. The van der Waals surface area contributed by atoms with E-state index in [4.69, 9.17) is 11.6 Å². The highest BCUT2D eigenvalue weighted by molar-refractivity contribution is 9.10. The molecule has 0 saturated carbocycles. The Hall–Kier alpha value is -0.820. The van der Waals surface area contributed by atoms with Gasteiger partial charge in [-0.1, -0.05) is 0 Å². The van der Waals surface area contributed by atoms with Gasteiger partial charge in [0.2, 0.25) is 0 Å². The molecule has 4 nitrogen and oxygen atoms in total. The molecule has 0 atom stereocenters. The second kappa shape index (κ2) is 4.80. The molecule has 1 aromatic heterocycles. The third-order valence-corrected chi connectivity index (χ3v) is 2.49. The van der Waals surface area contributed by atoms with E-state index in [0.717, 1.165) is 6.20 Å². The van der Waals surface area contributed by atoms with Crippen molar-refractivity contribution in [3.63, 3.8) is 0 Å². The van der Waals surface area contributed by atoms with Crippen LogP contribution in [-0.4, -0.2) is 9.91 Å². The summed E-state index contributed by atoms with van der Waals surface area (Å²) in [5.41, 5.74) is -1.60. The summed E-state index contributed by atoms with van der Waals surface area (Å²) in [6.45, 7) is 0. The van der Waals surface area contributed by atoms with Crippen molar-refractivity contribution in [3.8, 4) is 0 Å². The Kier molecular flexibility index (Phi) is 3.92. The molecule has 0 spiro atoms. The van der Waals surface area contributed by atoms with Gasteiger partial charge in [0.1, 0.15) is 10.0 Å². The summed E-state index contributed by atoms with van der Waals surface area (Å²) in [7, 11) is 0. The number of nitro groups is 1. The van der Waals surface area contributed by atoms with Crippen LogP contribution in [0.25, 0.3) is 0 Å². The maximum Gasteiger partial charge on any atom is 0.295 e. The first-order valence-corrected chi connectivity index (χ1v) is 4.97. The minimum Gasteiger partial charge on any atom is -0.258 e. The fraction of sp³-hybridized carbons (Fsp3) is 0.286. The Balaban J connectivity index is 3.51. The lowest BCUT2D eigenvalue weighted by molar-refractivity contribution is -0.387. The van der Waals surface area contributed by atoms with Crippen LogP contribution >= 0.6 is 27.5 Å². The van der Waals surface area contributed by atoms with Crippen molar-refractivity contribution in [3.05, 3.63) is 32.0 Å². The van der Waals surface area contributed by atoms with Gasteiger partial charge in [0.25, 0.3) is 12.1 Å². The van der Waals surface area contributed by atoms with E-state index in [1.54, 1.807) is 0 Å². The summed E-state index contributed by atoms with van der Waals surface area (Å²) in [6.07, 6.45) is -1.90. The van der Waals surface area contributed by atoms with E-state index in [1.165, 1.54) is 0 Å². The van der Waals surface area contributed by atoms with Gasteiger partial charge in [-0.3, -0.25) is 15.1 Å². The van der Waals surface area contributed by atoms with Crippen LogP contribution in [0.15, 0.2) is 10.7 Å². The normalized spacial score (nSPS) is 10.7. The number of hydrogen-bond acceptors (Lipinski definition) is 3. The van der Waals surface area contributed by atoms with E-state index in [-0.39, 0.29) is 16.0 Å². The molecule has 0 fully saturated rings. The van der Waals surface area contributed by atoms with Gasteiger partial charge in [0.15, 0.2) is 0 Å². The zero-order valence-electron chi connectivity index (χ0n) is 7.08. The van der Waals surface area contributed by atoms with Crippen molar-refractivity contribution >= 4 is 33.2 Å². The molecule has 0 N–H and O–H groups in total. The fourth-order valence-electron chi connectivity index (χ4n) is 1.05. The summed E-state index contributed by atoms with van der Waals surface area (Å²) < 4.78 is 25.1. The number of halogens is 4. The molecule has 1 rings (SSSR count).